The quantitative estimate of drug-likeness (QED) is 0.251. The molecular formula is C22H22O2. The van der Waals surface area contributed by atoms with Crippen LogP contribution in [0.2, 0.25) is 0 Å². The number of ether oxygens (including phenoxy) is 1. The van der Waals surface area contributed by atoms with E-state index in [1.807, 2.05) is 0 Å². The molecule has 0 amide bonds. The summed E-state index contributed by atoms with van der Waals surface area (Å²) in [5.41, 5.74) is 1.36. The molecule has 0 saturated carbocycles. The minimum absolute atomic E-state index is 0.336. The third-order valence-electron chi connectivity index (χ3n) is 4.29. The first-order valence-electron chi connectivity index (χ1n) is 8.47. The smallest absolute Gasteiger partial charge is 0.330 e. The van der Waals surface area contributed by atoms with Crippen molar-refractivity contribution in [1.82, 2.24) is 0 Å². The summed E-state index contributed by atoms with van der Waals surface area (Å²) in [6.45, 7) is 3.87. The van der Waals surface area contributed by atoms with Gasteiger partial charge < -0.3 is 4.74 Å². The van der Waals surface area contributed by atoms with Gasteiger partial charge in [0.1, 0.15) is 0 Å². The molecule has 0 N–H and O–H groups in total. The summed E-state index contributed by atoms with van der Waals surface area (Å²) in [6, 6.07) is 19.7. The molecule has 2 nitrogen and oxygen atoms in total. The molecule has 0 aromatic heterocycles. The standard InChI is InChI=1S/C22H22O2/c1-2-22(23)24-13-7-3-4-8-17-11-12-20-15-18-9-5-6-10-19(18)16-21(20)14-17/h2,5-6,9-12,14-16H,1,3-4,7-8,13H2. The molecule has 0 bridgehead atoms. The Hall–Kier alpha value is -2.61. The Labute approximate surface area is 142 Å². The molecule has 3 aromatic carbocycles. The van der Waals surface area contributed by atoms with Crippen LogP contribution in [0.4, 0.5) is 0 Å². The summed E-state index contributed by atoms with van der Waals surface area (Å²) in [7, 11) is 0. The van der Waals surface area contributed by atoms with Gasteiger partial charge in [-0.05, 0) is 64.9 Å². The van der Waals surface area contributed by atoms with Gasteiger partial charge in [0.25, 0.3) is 0 Å². The number of hydrogen-bond acceptors (Lipinski definition) is 2. The number of carbonyl (C=O) groups is 1. The number of unbranched alkanes of at least 4 members (excludes halogenated alkanes) is 2. The highest BCUT2D eigenvalue weighted by atomic mass is 16.5. The fourth-order valence-corrected chi connectivity index (χ4v) is 2.98. The number of carbonyl (C=O) groups excluding carboxylic acids is 1. The highest BCUT2D eigenvalue weighted by Crippen LogP contribution is 2.24. The average Bonchev–Trinajstić information content (AvgIpc) is 2.62. The van der Waals surface area contributed by atoms with E-state index < -0.39 is 0 Å². The Morgan fingerprint density at radius 2 is 1.58 bits per heavy atom. The molecule has 0 saturated heterocycles. The van der Waals surface area contributed by atoms with Crippen molar-refractivity contribution < 1.29 is 9.53 Å². The largest absolute Gasteiger partial charge is 0.463 e. The molecule has 3 rings (SSSR count). The summed E-state index contributed by atoms with van der Waals surface area (Å²) >= 11 is 0. The van der Waals surface area contributed by atoms with Gasteiger partial charge in [-0.25, -0.2) is 4.79 Å². The van der Waals surface area contributed by atoms with E-state index in [2.05, 4.69) is 61.2 Å². The second-order valence-electron chi connectivity index (χ2n) is 6.06. The first-order chi connectivity index (χ1) is 11.8. The van der Waals surface area contributed by atoms with E-state index >= 15 is 0 Å². The van der Waals surface area contributed by atoms with E-state index in [-0.39, 0.29) is 5.97 Å². The lowest BCUT2D eigenvalue weighted by molar-refractivity contribution is -0.137. The van der Waals surface area contributed by atoms with Crippen LogP contribution in [0, 0.1) is 0 Å². The maximum absolute atomic E-state index is 10.9. The van der Waals surface area contributed by atoms with Crippen LogP contribution in [0.1, 0.15) is 24.8 Å². The van der Waals surface area contributed by atoms with E-state index in [9.17, 15) is 4.79 Å². The van der Waals surface area contributed by atoms with Gasteiger partial charge in [0.05, 0.1) is 6.61 Å². The van der Waals surface area contributed by atoms with Crippen LogP contribution in [0.15, 0.2) is 67.3 Å². The van der Waals surface area contributed by atoms with Crippen molar-refractivity contribution in [2.24, 2.45) is 0 Å². The van der Waals surface area contributed by atoms with Gasteiger partial charge >= 0.3 is 5.97 Å². The number of rotatable bonds is 7. The lowest BCUT2D eigenvalue weighted by Gasteiger charge is -2.06. The maximum atomic E-state index is 10.9. The van der Waals surface area contributed by atoms with Crippen molar-refractivity contribution in [2.45, 2.75) is 25.7 Å². The molecule has 24 heavy (non-hydrogen) atoms. The Morgan fingerprint density at radius 1 is 0.875 bits per heavy atom. The molecule has 122 valence electrons. The van der Waals surface area contributed by atoms with Crippen LogP contribution in [0.5, 0.6) is 0 Å². The second-order valence-corrected chi connectivity index (χ2v) is 6.06. The first-order valence-corrected chi connectivity index (χ1v) is 8.47. The SMILES string of the molecule is C=CC(=O)OCCCCCc1ccc2cc3ccccc3cc2c1. The normalized spacial score (nSPS) is 10.8. The molecule has 0 fully saturated rings. The molecule has 0 unspecified atom stereocenters. The lowest BCUT2D eigenvalue weighted by atomic mass is 9.99. The molecule has 3 aromatic rings. The van der Waals surface area contributed by atoms with Crippen molar-refractivity contribution in [3.05, 3.63) is 72.8 Å². The van der Waals surface area contributed by atoms with Crippen molar-refractivity contribution in [3.63, 3.8) is 0 Å². The monoisotopic (exact) mass is 318 g/mol. The minimum atomic E-state index is -0.336. The number of esters is 1. The van der Waals surface area contributed by atoms with E-state index in [1.165, 1.54) is 33.2 Å². The van der Waals surface area contributed by atoms with Crippen LogP contribution in [-0.2, 0) is 16.0 Å². The highest BCUT2D eigenvalue weighted by molar-refractivity contribution is 5.98. The second kappa shape index (κ2) is 7.78. The number of fused-ring (bicyclic) bond motifs is 2. The molecule has 0 spiro atoms. The zero-order valence-corrected chi connectivity index (χ0v) is 13.8. The summed E-state index contributed by atoms with van der Waals surface area (Å²) in [6.07, 6.45) is 5.32. The van der Waals surface area contributed by atoms with E-state index in [4.69, 9.17) is 4.74 Å². The number of benzene rings is 3. The van der Waals surface area contributed by atoms with Crippen LogP contribution in [0.25, 0.3) is 21.5 Å². The molecule has 2 heteroatoms. The van der Waals surface area contributed by atoms with Crippen LogP contribution < -0.4 is 0 Å². The summed E-state index contributed by atoms with van der Waals surface area (Å²) in [4.78, 5) is 10.9. The Morgan fingerprint density at radius 3 is 2.33 bits per heavy atom. The van der Waals surface area contributed by atoms with Crippen molar-refractivity contribution in [3.8, 4) is 0 Å². The average molecular weight is 318 g/mol. The van der Waals surface area contributed by atoms with Crippen molar-refractivity contribution >= 4 is 27.5 Å². The van der Waals surface area contributed by atoms with Gasteiger partial charge in [-0.2, -0.15) is 0 Å². The summed E-state index contributed by atoms with van der Waals surface area (Å²) < 4.78 is 4.99. The van der Waals surface area contributed by atoms with Crippen LogP contribution in [0.3, 0.4) is 0 Å². The van der Waals surface area contributed by atoms with Crippen LogP contribution >= 0.6 is 0 Å². The van der Waals surface area contributed by atoms with Gasteiger partial charge in [0.2, 0.25) is 0 Å². The third-order valence-corrected chi connectivity index (χ3v) is 4.29. The molecule has 0 atom stereocenters. The Kier molecular flexibility index (Phi) is 5.27. The third kappa shape index (κ3) is 4.02. The molecule has 0 aliphatic heterocycles. The van der Waals surface area contributed by atoms with E-state index in [0.717, 1.165) is 25.7 Å². The Balaban J connectivity index is 1.58. The zero-order chi connectivity index (χ0) is 16.8. The first kappa shape index (κ1) is 16.3. The summed E-state index contributed by atoms with van der Waals surface area (Å²) in [5.74, 6) is -0.336. The van der Waals surface area contributed by atoms with Gasteiger partial charge in [-0.15, -0.1) is 0 Å². The zero-order valence-electron chi connectivity index (χ0n) is 13.8. The molecule has 0 heterocycles. The van der Waals surface area contributed by atoms with E-state index in [0.29, 0.717) is 6.61 Å². The Bertz CT molecular complexity index is 864. The maximum Gasteiger partial charge on any atom is 0.330 e. The highest BCUT2D eigenvalue weighted by Gasteiger charge is 2.01. The minimum Gasteiger partial charge on any atom is -0.463 e. The molecule has 0 radical (unpaired) electrons. The molecule has 0 aliphatic rings. The lowest BCUT2D eigenvalue weighted by Crippen LogP contribution is -2.01. The van der Waals surface area contributed by atoms with Gasteiger partial charge in [-0.1, -0.05) is 49.0 Å². The molecule has 0 aliphatic carbocycles. The predicted octanol–water partition coefficient (Wildman–Crippen LogP) is 5.44. The number of aryl methyl sites for hydroxylation is 1. The van der Waals surface area contributed by atoms with E-state index in [1.54, 1.807) is 0 Å². The van der Waals surface area contributed by atoms with Gasteiger partial charge in [0.15, 0.2) is 0 Å². The fourth-order valence-electron chi connectivity index (χ4n) is 2.98. The fraction of sp³-hybridized carbons (Fsp3) is 0.227. The van der Waals surface area contributed by atoms with Crippen molar-refractivity contribution in [1.29, 1.82) is 0 Å². The van der Waals surface area contributed by atoms with Crippen molar-refractivity contribution in [2.75, 3.05) is 6.61 Å². The summed E-state index contributed by atoms with van der Waals surface area (Å²) in [5, 5.41) is 5.15. The molecular weight excluding hydrogens is 296 g/mol. The van der Waals surface area contributed by atoms with Gasteiger partial charge in [0, 0.05) is 6.08 Å². The van der Waals surface area contributed by atoms with Gasteiger partial charge in [-0.3, -0.25) is 0 Å². The van der Waals surface area contributed by atoms with Crippen LogP contribution in [-0.4, -0.2) is 12.6 Å². The topological polar surface area (TPSA) is 26.3 Å². The number of hydrogen-bond donors (Lipinski definition) is 0. The predicted molar refractivity (Wildman–Crippen MR) is 100 cm³/mol.